The van der Waals surface area contributed by atoms with Gasteiger partial charge >= 0.3 is 5.97 Å². The molecule has 2 heterocycles. The fraction of sp³-hybridized carbons (Fsp3) is 0.500. The van der Waals surface area contributed by atoms with E-state index < -0.39 is 5.97 Å². The Morgan fingerprint density at radius 1 is 1.72 bits per heavy atom. The maximum atomic E-state index is 11.0. The van der Waals surface area contributed by atoms with Gasteiger partial charge in [-0.15, -0.1) is 0 Å². The first kappa shape index (κ1) is 12.8. The van der Waals surface area contributed by atoms with Crippen molar-refractivity contribution in [2.45, 2.75) is 6.10 Å². The summed E-state index contributed by atoms with van der Waals surface area (Å²) < 4.78 is 11.0. The Bertz CT molecular complexity index is 424. The molecule has 1 N–H and O–H groups in total. The van der Waals surface area contributed by atoms with E-state index in [4.69, 9.17) is 14.6 Å². The molecule has 18 heavy (non-hydrogen) atoms. The molecule has 0 spiro atoms. The topological polar surface area (TPSA) is 71.9 Å². The molecule has 2 rings (SSSR count). The summed E-state index contributed by atoms with van der Waals surface area (Å²) >= 11 is 0. The van der Waals surface area contributed by atoms with Crippen LogP contribution in [0, 0.1) is 0 Å². The summed E-state index contributed by atoms with van der Waals surface area (Å²) in [6.07, 6.45) is 2.81. The van der Waals surface area contributed by atoms with Gasteiger partial charge in [-0.1, -0.05) is 0 Å². The second-order valence-corrected chi connectivity index (χ2v) is 4.24. The average molecular weight is 252 g/mol. The van der Waals surface area contributed by atoms with Crippen molar-refractivity contribution in [3.8, 4) is 5.75 Å². The molecule has 0 aliphatic carbocycles. The maximum absolute atomic E-state index is 11.0. The SMILES string of the molecule is CN1CCOC(COc2cnccc2C(=O)O)C1. The fourth-order valence-corrected chi connectivity index (χ4v) is 1.82. The summed E-state index contributed by atoms with van der Waals surface area (Å²) in [5.74, 6) is -0.740. The molecule has 1 atom stereocenters. The molecular weight excluding hydrogens is 236 g/mol. The van der Waals surface area contributed by atoms with E-state index in [1.807, 2.05) is 7.05 Å². The quantitative estimate of drug-likeness (QED) is 0.840. The lowest BCUT2D eigenvalue weighted by Crippen LogP contribution is -2.42. The standard InChI is InChI=1S/C12H16N2O4/c1-14-4-5-17-9(7-14)8-18-11-6-13-3-2-10(11)12(15)16/h2-3,6,9H,4-5,7-8H2,1H3,(H,15,16). The Morgan fingerprint density at radius 2 is 2.56 bits per heavy atom. The second-order valence-electron chi connectivity index (χ2n) is 4.24. The number of pyridine rings is 1. The zero-order valence-electron chi connectivity index (χ0n) is 10.2. The number of rotatable bonds is 4. The van der Waals surface area contributed by atoms with E-state index in [2.05, 4.69) is 9.88 Å². The molecule has 1 aromatic rings. The van der Waals surface area contributed by atoms with Gasteiger partial charge in [0.2, 0.25) is 0 Å². The molecule has 1 fully saturated rings. The highest BCUT2D eigenvalue weighted by Crippen LogP contribution is 2.17. The van der Waals surface area contributed by atoms with Crippen LogP contribution in [0.5, 0.6) is 5.75 Å². The molecule has 1 aliphatic heterocycles. The number of aromatic nitrogens is 1. The molecule has 0 amide bonds. The first-order valence-electron chi connectivity index (χ1n) is 5.77. The lowest BCUT2D eigenvalue weighted by molar-refractivity contribution is -0.0405. The third kappa shape index (κ3) is 3.18. The smallest absolute Gasteiger partial charge is 0.339 e. The Labute approximate surface area is 105 Å². The summed E-state index contributed by atoms with van der Waals surface area (Å²) in [5.41, 5.74) is 0.120. The summed E-state index contributed by atoms with van der Waals surface area (Å²) in [5, 5.41) is 9.00. The van der Waals surface area contributed by atoms with Gasteiger partial charge in [0.1, 0.15) is 18.3 Å². The van der Waals surface area contributed by atoms with Crippen molar-refractivity contribution in [3.63, 3.8) is 0 Å². The van der Waals surface area contributed by atoms with E-state index in [1.165, 1.54) is 18.5 Å². The summed E-state index contributed by atoms with van der Waals surface area (Å²) in [4.78, 5) is 17.0. The number of carboxylic acid groups (broad SMARTS) is 1. The van der Waals surface area contributed by atoms with Gasteiger partial charge in [0, 0.05) is 19.3 Å². The van der Waals surface area contributed by atoms with Crippen LogP contribution in [0.2, 0.25) is 0 Å². The van der Waals surface area contributed by atoms with Crippen LogP contribution in [-0.2, 0) is 4.74 Å². The summed E-state index contributed by atoms with van der Waals surface area (Å²) in [6.45, 7) is 2.69. The van der Waals surface area contributed by atoms with Gasteiger partial charge in [0.25, 0.3) is 0 Å². The second kappa shape index (κ2) is 5.79. The lowest BCUT2D eigenvalue weighted by atomic mass is 10.2. The Balaban J connectivity index is 1.95. The van der Waals surface area contributed by atoms with Crippen LogP contribution < -0.4 is 4.74 Å². The van der Waals surface area contributed by atoms with Crippen molar-refractivity contribution >= 4 is 5.97 Å². The van der Waals surface area contributed by atoms with Crippen LogP contribution in [0.15, 0.2) is 18.5 Å². The molecular formula is C12H16N2O4. The summed E-state index contributed by atoms with van der Waals surface area (Å²) in [6, 6.07) is 1.42. The average Bonchev–Trinajstić information content (AvgIpc) is 2.37. The molecule has 0 radical (unpaired) electrons. The maximum Gasteiger partial charge on any atom is 0.339 e. The number of carbonyl (C=O) groups is 1. The highest BCUT2D eigenvalue weighted by Gasteiger charge is 2.19. The van der Waals surface area contributed by atoms with E-state index in [1.54, 1.807) is 0 Å². The van der Waals surface area contributed by atoms with Gasteiger partial charge in [-0.05, 0) is 13.1 Å². The Hall–Kier alpha value is -1.66. The van der Waals surface area contributed by atoms with Crippen molar-refractivity contribution in [3.05, 3.63) is 24.0 Å². The van der Waals surface area contributed by atoms with Gasteiger partial charge in [-0.3, -0.25) is 4.98 Å². The number of hydrogen-bond donors (Lipinski definition) is 1. The van der Waals surface area contributed by atoms with Crippen LogP contribution in [0.1, 0.15) is 10.4 Å². The van der Waals surface area contributed by atoms with Crippen molar-refractivity contribution in [1.82, 2.24) is 9.88 Å². The predicted octanol–water partition coefficient (Wildman–Crippen LogP) is 0.489. The molecule has 1 unspecified atom stereocenters. The Morgan fingerprint density at radius 3 is 3.28 bits per heavy atom. The van der Waals surface area contributed by atoms with Crippen molar-refractivity contribution in [2.24, 2.45) is 0 Å². The zero-order chi connectivity index (χ0) is 13.0. The van der Waals surface area contributed by atoms with Gasteiger partial charge in [-0.2, -0.15) is 0 Å². The molecule has 1 aromatic heterocycles. The molecule has 0 saturated carbocycles. The summed E-state index contributed by atoms with van der Waals surface area (Å²) in [7, 11) is 2.02. The molecule has 1 aliphatic rings. The number of carboxylic acids is 1. The van der Waals surface area contributed by atoms with E-state index in [-0.39, 0.29) is 17.4 Å². The molecule has 98 valence electrons. The van der Waals surface area contributed by atoms with E-state index >= 15 is 0 Å². The van der Waals surface area contributed by atoms with E-state index in [0.717, 1.165) is 13.1 Å². The van der Waals surface area contributed by atoms with Gasteiger partial charge in [0.15, 0.2) is 5.75 Å². The first-order valence-corrected chi connectivity index (χ1v) is 5.77. The van der Waals surface area contributed by atoms with Crippen LogP contribution in [0.3, 0.4) is 0 Å². The van der Waals surface area contributed by atoms with Crippen LogP contribution in [0.4, 0.5) is 0 Å². The molecule has 6 heteroatoms. The van der Waals surface area contributed by atoms with Crippen LogP contribution in [0.25, 0.3) is 0 Å². The molecule has 0 aromatic carbocycles. The number of nitrogens with zero attached hydrogens (tertiary/aromatic N) is 2. The minimum atomic E-state index is -1.02. The number of morpholine rings is 1. The van der Waals surface area contributed by atoms with E-state index in [0.29, 0.717) is 13.2 Å². The first-order chi connectivity index (χ1) is 8.66. The van der Waals surface area contributed by atoms with Gasteiger partial charge in [0.05, 0.1) is 12.8 Å². The number of hydrogen-bond acceptors (Lipinski definition) is 5. The highest BCUT2D eigenvalue weighted by atomic mass is 16.5. The normalized spacial score (nSPS) is 20.6. The monoisotopic (exact) mass is 252 g/mol. The predicted molar refractivity (Wildman–Crippen MR) is 63.9 cm³/mol. The minimum Gasteiger partial charge on any atom is -0.488 e. The number of ether oxygens (including phenoxy) is 2. The van der Waals surface area contributed by atoms with Crippen LogP contribution in [-0.4, -0.2) is 60.4 Å². The van der Waals surface area contributed by atoms with Crippen molar-refractivity contribution < 1.29 is 19.4 Å². The molecule has 6 nitrogen and oxygen atoms in total. The van der Waals surface area contributed by atoms with Crippen molar-refractivity contribution in [1.29, 1.82) is 0 Å². The van der Waals surface area contributed by atoms with Crippen LogP contribution >= 0.6 is 0 Å². The molecule has 0 bridgehead atoms. The minimum absolute atomic E-state index is 0.0365. The largest absolute Gasteiger partial charge is 0.488 e. The van der Waals surface area contributed by atoms with Gasteiger partial charge in [-0.25, -0.2) is 4.79 Å². The lowest BCUT2D eigenvalue weighted by Gasteiger charge is -2.29. The number of aromatic carboxylic acids is 1. The van der Waals surface area contributed by atoms with Crippen molar-refractivity contribution in [2.75, 3.05) is 33.4 Å². The number of likely N-dealkylation sites (N-methyl/N-ethyl adjacent to an activating group) is 1. The molecule has 1 saturated heterocycles. The fourth-order valence-electron chi connectivity index (χ4n) is 1.82. The van der Waals surface area contributed by atoms with Gasteiger partial charge < -0.3 is 19.5 Å². The highest BCUT2D eigenvalue weighted by molar-refractivity contribution is 5.90. The Kier molecular flexibility index (Phi) is 4.11. The third-order valence-electron chi connectivity index (χ3n) is 2.78. The van der Waals surface area contributed by atoms with E-state index in [9.17, 15) is 4.79 Å². The zero-order valence-corrected chi connectivity index (χ0v) is 10.2. The third-order valence-corrected chi connectivity index (χ3v) is 2.78.